The minimum Gasteiger partial charge on any atom is -0.458 e. The quantitative estimate of drug-likeness (QED) is 0.598. The van der Waals surface area contributed by atoms with Crippen molar-refractivity contribution in [2.24, 2.45) is 11.8 Å². The van der Waals surface area contributed by atoms with Crippen molar-refractivity contribution in [3.63, 3.8) is 0 Å². The third-order valence-electron chi connectivity index (χ3n) is 6.43. The summed E-state index contributed by atoms with van der Waals surface area (Å²) < 4.78 is 35.3. The first-order valence-electron chi connectivity index (χ1n) is 10.3. The highest BCUT2D eigenvalue weighted by Gasteiger charge is 2.36. The zero-order chi connectivity index (χ0) is 19.8. The van der Waals surface area contributed by atoms with Crippen LogP contribution < -0.4 is 0 Å². The van der Waals surface area contributed by atoms with Gasteiger partial charge in [0.25, 0.3) is 0 Å². The van der Waals surface area contributed by atoms with Gasteiger partial charge in [0.1, 0.15) is 17.7 Å². The summed E-state index contributed by atoms with van der Waals surface area (Å²) in [5, 5.41) is 0. The molecule has 0 aromatic heterocycles. The summed E-state index contributed by atoms with van der Waals surface area (Å²) in [5.41, 5.74) is 1.78. The standard InChI is InChI=1S/C24H26F2O2/c1-3-15-6-10-18(20(25)12-15)19-11-9-17-13-21(16-7-4-14(2)5-8-16)28-24(27)22(17)23(19)26/h6,9-12,14,16,21H,3-5,7-8,13H2,1-2H3. The van der Waals surface area contributed by atoms with Crippen LogP contribution in [-0.2, 0) is 17.6 Å². The van der Waals surface area contributed by atoms with Crippen LogP contribution in [-0.4, -0.2) is 12.1 Å². The van der Waals surface area contributed by atoms with Crippen LogP contribution in [0.5, 0.6) is 0 Å². The molecule has 28 heavy (non-hydrogen) atoms. The number of benzene rings is 2. The smallest absolute Gasteiger partial charge is 0.341 e. The summed E-state index contributed by atoms with van der Waals surface area (Å²) in [7, 11) is 0. The van der Waals surface area contributed by atoms with Crippen molar-refractivity contribution in [3.8, 4) is 11.1 Å². The van der Waals surface area contributed by atoms with Gasteiger partial charge in [0.2, 0.25) is 0 Å². The first-order valence-corrected chi connectivity index (χ1v) is 10.3. The van der Waals surface area contributed by atoms with Gasteiger partial charge >= 0.3 is 5.97 Å². The molecule has 2 nitrogen and oxygen atoms in total. The molecule has 0 radical (unpaired) electrons. The Labute approximate surface area is 164 Å². The normalized spacial score (nSPS) is 24.6. The number of rotatable bonds is 3. The van der Waals surface area contributed by atoms with Crippen molar-refractivity contribution in [2.75, 3.05) is 0 Å². The average molecular weight is 384 g/mol. The fourth-order valence-corrected chi connectivity index (χ4v) is 4.59. The predicted molar refractivity (Wildman–Crippen MR) is 105 cm³/mol. The summed E-state index contributed by atoms with van der Waals surface area (Å²) in [6.45, 7) is 4.19. The van der Waals surface area contributed by atoms with Gasteiger partial charge in [-0.25, -0.2) is 13.6 Å². The lowest BCUT2D eigenvalue weighted by Gasteiger charge is -2.35. The van der Waals surface area contributed by atoms with Gasteiger partial charge in [-0.2, -0.15) is 0 Å². The molecule has 2 aliphatic rings. The van der Waals surface area contributed by atoms with Gasteiger partial charge in [-0.1, -0.05) is 51.0 Å². The predicted octanol–water partition coefficient (Wildman–Crippen LogP) is 6.10. The highest BCUT2D eigenvalue weighted by atomic mass is 19.1. The van der Waals surface area contributed by atoms with Crippen molar-refractivity contribution in [3.05, 3.63) is 58.7 Å². The van der Waals surface area contributed by atoms with Crippen LogP contribution >= 0.6 is 0 Å². The Bertz CT molecular complexity index is 898. The van der Waals surface area contributed by atoms with Crippen LogP contribution in [0, 0.1) is 23.5 Å². The Morgan fingerprint density at radius 1 is 1.04 bits per heavy atom. The lowest BCUT2D eigenvalue weighted by atomic mass is 9.77. The third-order valence-corrected chi connectivity index (χ3v) is 6.43. The number of aryl methyl sites for hydroxylation is 1. The fraction of sp³-hybridized carbons (Fsp3) is 0.458. The van der Waals surface area contributed by atoms with Crippen LogP contribution in [0.1, 0.15) is 61.0 Å². The molecule has 4 heteroatoms. The molecular weight excluding hydrogens is 358 g/mol. The monoisotopic (exact) mass is 384 g/mol. The van der Waals surface area contributed by atoms with Crippen molar-refractivity contribution in [1.29, 1.82) is 0 Å². The summed E-state index contributed by atoms with van der Waals surface area (Å²) >= 11 is 0. The second-order valence-electron chi connectivity index (χ2n) is 8.30. The molecule has 1 aliphatic heterocycles. The molecule has 2 aromatic rings. The second kappa shape index (κ2) is 7.65. The van der Waals surface area contributed by atoms with Crippen molar-refractivity contribution in [1.82, 2.24) is 0 Å². The van der Waals surface area contributed by atoms with Crippen LogP contribution in [0.2, 0.25) is 0 Å². The number of cyclic esters (lactones) is 1. The Morgan fingerprint density at radius 3 is 2.43 bits per heavy atom. The maximum Gasteiger partial charge on any atom is 0.341 e. The van der Waals surface area contributed by atoms with E-state index in [1.54, 1.807) is 24.3 Å². The number of carbonyl (C=O) groups excluding carboxylic acids is 1. The van der Waals surface area contributed by atoms with E-state index in [0.29, 0.717) is 24.3 Å². The Kier molecular flexibility index (Phi) is 5.22. The van der Waals surface area contributed by atoms with E-state index in [1.807, 2.05) is 6.92 Å². The van der Waals surface area contributed by atoms with E-state index >= 15 is 4.39 Å². The molecule has 0 spiro atoms. The van der Waals surface area contributed by atoms with E-state index in [1.165, 1.54) is 6.07 Å². The van der Waals surface area contributed by atoms with Crippen LogP contribution in [0.3, 0.4) is 0 Å². The third kappa shape index (κ3) is 3.45. The van der Waals surface area contributed by atoms with E-state index in [2.05, 4.69) is 6.92 Å². The number of carbonyl (C=O) groups is 1. The summed E-state index contributed by atoms with van der Waals surface area (Å²) in [6, 6.07) is 8.15. The van der Waals surface area contributed by atoms with Crippen LogP contribution in [0.15, 0.2) is 30.3 Å². The van der Waals surface area contributed by atoms with Gasteiger partial charge in [-0.05, 0) is 48.3 Å². The maximum absolute atomic E-state index is 15.2. The molecule has 2 aromatic carbocycles. The number of hydrogen-bond donors (Lipinski definition) is 0. The number of hydrogen-bond acceptors (Lipinski definition) is 2. The summed E-state index contributed by atoms with van der Waals surface area (Å²) in [5.74, 6) is -0.709. The lowest BCUT2D eigenvalue weighted by molar-refractivity contribution is -0.000127. The zero-order valence-corrected chi connectivity index (χ0v) is 16.4. The molecule has 1 saturated carbocycles. The lowest BCUT2D eigenvalue weighted by Crippen LogP contribution is -2.36. The van der Waals surface area contributed by atoms with Crippen LogP contribution in [0.25, 0.3) is 11.1 Å². The molecule has 1 fully saturated rings. The Hall–Kier alpha value is -2.23. The Balaban J connectivity index is 1.64. The highest BCUT2D eigenvalue weighted by molar-refractivity contribution is 5.94. The number of halogens is 2. The molecule has 1 heterocycles. The van der Waals surface area contributed by atoms with Crippen molar-refractivity contribution in [2.45, 2.75) is 58.5 Å². The summed E-state index contributed by atoms with van der Waals surface area (Å²) in [6.07, 6.45) is 5.44. The minimum absolute atomic E-state index is 0.0307. The first-order chi connectivity index (χ1) is 13.5. The number of esters is 1. The molecule has 1 atom stereocenters. The molecule has 1 aliphatic carbocycles. The molecule has 0 saturated heterocycles. The Morgan fingerprint density at radius 2 is 1.75 bits per heavy atom. The molecular formula is C24H26F2O2. The first kappa shape index (κ1) is 19.1. The SMILES string of the molecule is CCc1ccc(-c2ccc3c(c2F)C(=O)OC(C2CCC(C)CC2)C3)c(F)c1. The molecule has 0 N–H and O–H groups in total. The summed E-state index contributed by atoms with van der Waals surface area (Å²) in [4.78, 5) is 12.6. The van der Waals surface area contributed by atoms with Gasteiger partial charge in [0.05, 0.1) is 5.56 Å². The molecule has 0 bridgehead atoms. The van der Waals surface area contributed by atoms with Gasteiger partial charge in [-0.3, -0.25) is 0 Å². The van der Waals surface area contributed by atoms with E-state index < -0.39 is 17.6 Å². The minimum atomic E-state index is -0.679. The second-order valence-corrected chi connectivity index (χ2v) is 8.30. The van der Waals surface area contributed by atoms with Crippen molar-refractivity contribution >= 4 is 5.97 Å². The van der Waals surface area contributed by atoms with E-state index in [0.717, 1.165) is 37.2 Å². The highest BCUT2D eigenvalue weighted by Crippen LogP contribution is 2.38. The van der Waals surface area contributed by atoms with Crippen LogP contribution in [0.4, 0.5) is 8.78 Å². The van der Waals surface area contributed by atoms with Gasteiger partial charge in [0, 0.05) is 17.5 Å². The number of fused-ring (bicyclic) bond motifs is 1. The topological polar surface area (TPSA) is 26.3 Å². The number of ether oxygens (including phenoxy) is 1. The fourth-order valence-electron chi connectivity index (χ4n) is 4.59. The van der Waals surface area contributed by atoms with E-state index in [-0.39, 0.29) is 22.8 Å². The van der Waals surface area contributed by atoms with Crippen molar-refractivity contribution < 1.29 is 18.3 Å². The van der Waals surface area contributed by atoms with E-state index in [4.69, 9.17) is 4.74 Å². The molecule has 1 unspecified atom stereocenters. The molecule has 148 valence electrons. The van der Waals surface area contributed by atoms with Gasteiger partial charge < -0.3 is 4.74 Å². The van der Waals surface area contributed by atoms with Gasteiger partial charge in [-0.15, -0.1) is 0 Å². The largest absolute Gasteiger partial charge is 0.458 e. The zero-order valence-electron chi connectivity index (χ0n) is 16.4. The van der Waals surface area contributed by atoms with Gasteiger partial charge in [0.15, 0.2) is 0 Å². The maximum atomic E-state index is 15.2. The molecule has 4 rings (SSSR count). The molecule has 0 amide bonds. The average Bonchev–Trinajstić information content (AvgIpc) is 2.69. The van der Waals surface area contributed by atoms with E-state index in [9.17, 15) is 9.18 Å².